The number of allylic oxidation sites excluding steroid dienone is 1. The molecule has 1 N–H and O–H groups in total. The Morgan fingerprint density at radius 1 is 1.55 bits per heavy atom. The summed E-state index contributed by atoms with van der Waals surface area (Å²) in [5, 5.41) is 9.50. The van der Waals surface area contributed by atoms with Gasteiger partial charge < -0.3 is 9.84 Å². The summed E-state index contributed by atoms with van der Waals surface area (Å²) in [6.07, 6.45) is 6.05. The highest BCUT2D eigenvalue weighted by Crippen LogP contribution is 2.14. The molecule has 0 aliphatic carbocycles. The molecule has 2 heteroatoms. The van der Waals surface area contributed by atoms with E-state index in [4.69, 9.17) is 4.74 Å². The van der Waals surface area contributed by atoms with Crippen LogP contribution >= 0.6 is 0 Å². The van der Waals surface area contributed by atoms with Gasteiger partial charge in [0.05, 0.1) is 6.26 Å². The van der Waals surface area contributed by atoms with Crippen LogP contribution in [0.5, 0.6) is 0 Å². The second-order valence-electron chi connectivity index (χ2n) is 2.87. The van der Waals surface area contributed by atoms with Gasteiger partial charge in [-0.1, -0.05) is 19.4 Å². The first-order chi connectivity index (χ1) is 5.12. The van der Waals surface area contributed by atoms with Crippen LogP contribution < -0.4 is 0 Å². The molecule has 0 bridgehead atoms. The van der Waals surface area contributed by atoms with Gasteiger partial charge in [-0.25, -0.2) is 0 Å². The van der Waals surface area contributed by atoms with E-state index in [1.54, 1.807) is 13.0 Å². The number of hydrogen-bond acceptors (Lipinski definition) is 2. The van der Waals surface area contributed by atoms with Gasteiger partial charge in [-0.15, -0.1) is 0 Å². The molecule has 11 heavy (non-hydrogen) atoms. The van der Waals surface area contributed by atoms with Crippen LogP contribution in [0.1, 0.15) is 40.0 Å². The molecule has 66 valence electrons. The van der Waals surface area contributed by atoms with Crippen molar-refractivity contribution in [3.8, 4) is 0 Å². The Labute approximate surface area is 68.9 Å². The standard InChI is InChI=1S/C9H18O2/c1-4-6-7-9(3,10)11-8-5-2/h5,8,10H,4,6-7H2,1-3H3. The molecule has 0 saturated heterocycles. The second-order valence-corrected chi connectivity index (χ2v) is 2.87. The van der Waals surface area contributed by atoms with Crippen molar-refractivity contribution in [1.29, 1.82) is 0 Å². The van der Waals surface area contributed by atoms with Crippen molar-refractivity contribution < 1.29 is 9.84 Å². The molecule has 0 rings (SSSR count). The van der Waals surface area contributed by atoms with Crippen LogP contribution in [-0.2, 0) is 4.74 Å². The summed E-state index contributed by atoms with van der Waals surface area (Å²) in [5.41, 5.74) is 0. The lowest BCUT2D eigenvalue weighted by Gasteiger charge is -2.21. The van der Waals surface area contributed by atoms with Crippen molar-refractivity contribution in [3.63, 3.8) is 0 Å². The van der Waals surface area contributed by atoms with Crippen molar-refractivity contribution in [1.82, 2.24) is 0 Å². The average Bonchev–Trinajstić information content (AvgIpc) is 1.97. The molecular weight excluding hydrogens is 140 g/mol. The van der Waals surface area contributed by atoms with Crippen molar-refractivity contribution in [3.05, 3.63) is 12.3 Å². The van der Waals surface area contributed by atoms with E-state index in [1.807, 2.05) is 6.92 Å². The Kier molecular flexibility index (Phi) is 4.95. The third kappa shape index (κ3) is 5.92. The number of aliphatic hydroxyl groups is 1. The van der Waals surface area contributed by atoms with Crippen LogP contribution in [0.15, 0.2) is 12.3 Å². The molecule has 0 aromatic carbocycles. The quantitative estimate of drug-likeness (QED) is 0.492. The minimum Gasteiger partial charge on any atom is -0.471 e. The summed E-state index contributed by atoms with van der Waals surface area (Å²) in [5.74, 6) is -0.984. The van der Waals surface area contributed by atoms with E-state index < -0.39 is 5.79 Å². The maximum absolute atomic E-state index is 9.50. The lowest BCUT2D eigenvalue weighted by Crippen LogP contribution is -2.25. The van der Waals surface area contributed by atoms with E-state index in [0.29, 0.717) is 6.42 Å². The zero-order valence-electron chi connectivity index (χ0n) is 7.63. The Hall–Kier alpha value is -0.500. The normalized spacial score (nSPS) is 16.7. The lowest BCUT2D eigenvalue weighted by atomic mass is 10.1. The molecule has 1 atom stereocenters. The first-order valence-corrected chi connectivity index (χ1v) is 4.13. The highest BCUT2D eigenvalue weighted by atomic mass is 16.6. The van der Waals surface area contributed by atoms with Crippen LogP contribution in [0.25, 0.3) is 0 Å². The van der Waals surface area contributed by atoms with Gasteiger partial charge in [0, 0.05) is 13.3 Å². The van der Waals surface area contributed by atoms with E-state index in [1.165, 1.54) is 6.26 Å². The second kappa shape index (κ2) is 5.19. The molecule has 0 aromatic rings. The monoisotopic (exact) mass is 158 g/mol. The van der Waals surface area contributed by atoms with Crippen LogP contribution in [-0.4, -0.2) is 10.9 Å². The smallest absolute Gasteiger partial charge is 0.204 e. The predicted molar refractivity (Wildman–Crippen MR) is 46.0 cm³/mol. The Balaban J connectivity index is 3.60. The SMILES string of the molecule is CC=COC(C)(O)CCCC. The lowest BCUT2D eigenvalue weighted by molar-refractivity contribution is -0.157. The van der Waals surface area contributed by atoms with Gasteiger partial charge in [0.1, 0.15) is 0 Å². The van der Waals surface area contributed by atoms with Crippen molar-refractivity contribution in [2.45, 2.75) is 45.8 Å². The first kappa shape index (κ1) is 10.5. The minimum atomic E-state index is -0.984. The zero-order valence-corrected chi connectivity index (χ0v) is 7.63. The fraction of sp³-hybridized carbons (Fsp3) is 0.778. The maximum Gasteiger partial charge on any atom is 0.204 e. The molecule has 0 aliphatic heterocycles. The number of ether oxygens (including phenoxy) is 1. The van der Waals surface area contributed by atoms with Gasteiger partial charge in [0.25, 0.3) is 0 Å². The average molecular weight is 158 g/mol. The Bertz CT molecular complexity index is 117. The van der Waals surface area contributed by atoms with Gasteiger partial charge >= 0.3 is 0 Å². The zero-order chi connectivity index (χ0) is 8.74. The summed E-state index contributed by atoms with van der Waals surface area (Å²) in [4.78, 5) is 0. The van der Waals surface area contributed by atoms with Crippen LogP contribution in [0.4, 0.5) is 0 Å². The number of rotatable bonds is 5. The van der Waals surface area contributed by atoms with Crippen LogP contribution in [0.3, 0.4) is 0 Å². The summed E-state index contributed by atoms with van der Waals surface area (Å²) < 4.78 is 5.06. The van der Waals surface area contributed by atoms with E-state index in [0.717, 1.165) is 12.8 Å². The first-order valence-electron chi connectivity index (χ1n) is 4.13. The third-order valence-electron chi connectivity index (χ3n) is 1.45. The molecule has 0 heterocycles. The minimum absolute atomic E-state index is 0.688. The molecule has 0 amide bonds. The van der Waals surface area contributed by atoms with E-state index >= 15 is 0 Å². The third-order valence-corrected chi connectivity index (χ3v) is 1.45. The molecule has 0 spiro atoms. The molecule has 0 aliphatic rings. The highest BCUT2D eigenvalue weighted by Gasteiger charge is 2.18. The largest absolute Gasteiger partial charge is 0.471 e. The molecule has 0 aromatic heterocycles. The van der Waals surface area contributed by atoms with E-state index in [-0.39, 0.29) is 0 Å². The summed E-state index contributed by atoms with van der Waals surface area (Å²) in [6.45, 7) is 5.63. The Morgan fingerprint density at radius 3 is 2.64 bits per heavy atom. The van der Waals surface area contributed by atoms with Crippen molar-refractivity contribution >= 4 is 0 Å². The van der Waals surface area contributed by atoms with Gasteiger partial charge in [0.15, 0.2) is 0 Å². The van der Waals surface area contributed by atoms with Crippen LogP contribution in [0.2, 0.25) is 0 Å². The highest BCUT2D eigenvalue weighted by molar-refractivity contribution is 4.70. The molecule has 0 radical (unpaired) electrons. The van der Waals surface area contributed by atoms with Gasteiger partial charge in [-0.2, -0.15) is 0 Å². The van der Waals surface area contributed by atoms with E-state index in [9.17, 15) is 5.11 Å². The topological polar surface area (TPSA) is 29.5 Å². The number of hydrogen-bond donors (Lipinski definition) is 1. The van der Waals surface area contributed by atoms with Gasteiger partial charge in [-0.3, -0.25) is 0 Å². The van der Waals surface area contributed by atoms with Gasteiger partial charge in [0.2, 0.25) is 5.79 Å². The summed E-state index contributed by atoms with van der Waals surface area (Å²) in [6, 6.07) is 0. The fourth-order valence-electron chi connectivity index (χ4n) is 0.778. The van der Waals surface area contributed by atoms with Crippen molar-refractivity contribution in [2.75, 3.05) is 0 Å². The van der Waals surface area contributed by atoms with Gasteiger partial charge in [-0.05, 0) is 13.3 Å². The Morgan fingerprint density at radius 2 is 2.18 bits per heavy atom. The number of unbranched alkanes of at least 4 members (excludes halogenated alkanes) is 1. The fourth-order valence-corrected chi connectivity index (χ4v) is 0.778. The molecule has 1 unspecified atom stereocenters. The predicted octanol–water partition coefficient (Wildman–Crippen LogP) is 2.44. The van der Waals surface area contributed by atoms with Crippen molar-refractivity contribution in [2.24, 2.45) is 0 Å². The maximum atomic E-state index is 9.50. The molecular formula is C9H18O2. The molecule has 0 saturated carbocycles. The summed E-state index contributed by atoms with van der Waals surface area (Å²) >= 11 is 0. The molecule has 0 fully saturated rings. The summed E-state index contributed by atoms with van der Waals surface area (Å²) in [7, 11) is 0. The van der Waals surface area contributed by atoms with E-state index in [2.05, 4.69) is 6.92 Å². The van der Waals surface area contributed by atoms with Crippen LogP contribution in [0, 0.1) is 0 Å². The molecule has 2 nitrogen and oxygen atoms in total.